The summed E-state index contributed by atoms with van der Waals surface area (Å²) >= 11 is 0.882. The van der Waals surface area contributed by atoms with E-state index in [1.807, 2.05) is 0 Å². The van der Waals surface area contributed by atoms with Crippen LogP contribution >= 0.6 is 11.8 Å². The predicted molar refractivity (Wildman–Crippen MR) is 90.2 cm³/mol. The van der Waals surface area contributed by atoms with Crippen molar-refractivity contribution in [2.24, 2.45) is 0 Å². The van der Waals surface area contributed by atoms with Gasteiger partial charge in [-0.2, -0.15) is 0 Å². The highest BCUT2D eigenvalue weighted by atomic mass is 32.2. The van der Waals surface area contributed by atoms with Gasteiger partial charge >= 0.3 is 23.9 Å². The summed E-state index contributed by atoms with van der Waals surface area (Å²) in [6.45, 7) is 5.81. The molecule has 27 heavy (non-hydrogen) atoms. The number of rotatable bonds is 6. The van der Waals surface area contributed by atoms with Crippen LogP contribution in [0.15, 0.2) is 0 Å². The molecule has 0 aromatic carbocycles. The zero-order valence-corrected chi connectivity index (χ0v) is 16.4. The Morgan fingerprint density at radius 1 is 0.704 bits per heavy atom. The van der Waals surface area contributed by atoms with Gasteiger partial charge in [0.2, 0.25) is 12.4 Å². The van der Waals surface area contributed by atoms with Gasteiger partial charge in [0.1, 0.15) is 6.10 Å². The number of ether oxygens (including phenoxy) is 5. The van der Waals surface area contributed by atoms with Crippen LogP contribution in [0.3, 0.4) is 0 Å². The number of carbonyl (C=O) groups is 5. The Labute approximate surface area is 160 Å². The molecule has 1 fully saturated rings. The third-order valence-electron chi connectivity index (χ3n) is 3.23. The number of thioether (sulfide) groups is 1. The van der Waals surface area contributed by atoms with Gasteiger partial charge in [0, 0.05) is 40.4 Å². The molecular weight excluding hydrogens is 384 g/mol. The van der Waals surface area contributed by atoms with E-state index >= 15 is 0 Å². The van der Waals surface area contributed by atoms with Crippen molar-refractivity contribution in [2.75, 3.05) is 5.75 Å². The zero-order valence-electron chi connectivity index (χ0n) is 15.6. The van der Waals surface area contributed by atoms with E-state index in [-0.39, 0.29) is 10.9 Å². The van der Waals surface area contributed by atoms with Crippen molar-refractivity contribution in [2.45, 2.75) is 65.3 Å². The van der Waals surface area contributed by atoms with Crippen LogP contribution in [0.1, 0.15) is 34.6 Å². The summed E-state index contributed by atoms with van der Waals surface area (Å²) in [4.78, 5) is 57.3. The van der Waals surface area contributed by atoms with Crippen molar-refractivity contribution in [3.8, 4) is 0 Å². The van der Waals surface area contributed by atoms with Crippen molar-refractivity contribution >= 4 is 40.8 Å². The van der Waals surface area contributed by atoms with Crippen molar-refractivity contribution in [3.63, 3.8) is 0 Å². The van der Waals surface area contributed by atoms with Gasteiger partial charge in [-0.15, -0.1) is 0 Å². The van der Waals surface area contributed by atoms with E-state index in [1.165, 1.54) is 6.92 Å². The quantitative estimate of drug-likeness (QED) is 0.447. The van der Waals surface area contributed by atoms with E-state index in [9.17, 15) is 24.0 Å². The van der Waals surface area contributed by atoms with Crippen molar-refractivity contribution < 1.29 is 47.7 Å². The highest BCUT2D eigenvalue weighted by molar-refractivity contribution is 8.13. The summed E-state index contributed by atoms with van der Waals surface area (Å²) in [5, 5.41) is -0.227. The van der Waals surface area contributed by atoms with E-state index in [0.717, 1.165) is 39.5 Å². The first-order valence-corrected chi connectivity index (χ1v) is 8.97. The second-order valence-corrected chi connectivity index (χ2v) is 6.87. The summed E-state index contributed by atoms with van der Waals surface area (Å²) in [5.74, 6) is -2.91. The molecule has 152 valence electrons. The summed E-state index contributed by atoms with van der Waals surface area (Å²) in [5.41, 5.74) is 0. The summed E-state index contributed by atoms with van der Waals surface area (Å²) in [6.07, 6.45) is -6.23. The fourth-order valence-corrected chi connectivity index (χ4v) is 3.11. The number of hydrogen-bond acceptors (Lipinski definition) is 11. The second kappa shape index (κ2) is 10.3. The maximum Gasteiger partial charge on any atom is 0.305 e. The fourth-order valence-electron chi connectivity index (χ4n) is 2.45. The van der Waals surface area contributed by atoms with Crippen LogP contribution in [0.25, 0.3) is 0 Å². The van der Waals surface area contributed by atoms with Gasteiger partial charge in [-0.1, -0.05) is 11.8 Å². The lowest BCUT2D eigenvalue weighted by Crippen LogP contribution is -2.62. The molecule has 1 unspecified atom stereocenters. The highest BCUT2D eigenvalue weighted by Crippen LogP contribution is 2.31. The molecule has 0 aliphatic carbocycles. The molecule has 5 atom stereocenters. The lowest BCUT2D eigenvalue weighted by molar-refractivity contribution is -0.291. The number of carbonyl (C=O) groups excluding carboxylic acids is 5. The second-order valence-electron chi connectivity index (χ2n) is 5.68. The molecule has 1 rings (SSSR count). The Morgan fingerprint density at radius 2 is 1.15 bits per heavy atom. The first-order chi connectivity index (χ1) is 12.5. The molecule has 0 spiro atoms. The largest absolute Gasteiger partial charge is 0.456 e. The summed E-state index contributed by atoms with van der Waals surface area (Å²) in [7, 11) is 0. The minimum Gasteiger partial charge on any atom is -0.456 e. The third-order valence-corrected chi connectivity index (χ3v) is 4.13. The standard InChI is InChI=1S/C16H22O10S/c1-7(17)22-13-12(6-27-11(5)21)26-16(25-10(4)20)15(24-9(3)19)14(13)23-8(2)18/h12-16H,6H2,1-5H3/t12-,13+,14+,15-,16?/m0/s1. The number of esters is 4. The predicted octanol–water partition coefficient (Wildman–Crippen LogP) is 0.349. The van der Waals surface area contributed by atoms with E-state index in [0.29, 0.717) is 0 Å². The van der Waals surface area contributed by atoms with Crippen molar-refractivity contribution in [1.82, 2.24) is 0 Å². The lowest BCUT2D eigenvalue weighted by atomic mass is 9.98. The zero-order chi connectivity index (χ0) is 20.7. The van der Waals surface area contributed by atoms with Gasteiger partial charge in [-0.3, -0.25) is 24.0 Å². The minimum atomic E-state index is -1.42. The molecule has 1 heterocycles. The molecule has 0 N–H and O–H groups in total. The highest BCUT2D eigenvalue weighted by Gasteiger charge is 2.53. The molecule has 0 bridgehead atoms. The Balaban J connectivity index is 3.29. The van der Waals surface area contributed by atoms with E-state index in [1.54, 1.807) is 0 Å². The molecule has 0 aromatic rings. The number of hydrogen-bond donors (Lipinski definition) is 0. The fraction of sp³-hybridized carbons (Fsp3) is 0.688. The molecular formula is C16H22O10S. The van der Waals surface area contributed by atoms with Gasteiger partial charge in [0.05, 0.1) is 0 Å². The average molecular weight is 406 g/mol. The van der Waals surface area contributed by atoms with Gasteiger partial charge in [-0.05, 0) is 0 Å². The van der Waals surface area contributed by atoms with E-state index in [4.69, 9.17) is 23.7 Å². The van der Waals surface area contributed by atoms with Gasteiger partial charge in [0.15, 0.2) is 17.3 Å². The SMILES string of the molecule is CC(=O)OC1O[C@@H](CSC(C)=O)[C@@H](OC(C)=O)[C@@H](OC(C)=O)[C@@H]1OC(C)=O. The van der Waals surface area contributed by atoms with Crippen molar-refractivity contribution in [3.05, 3.63) is 0 Å². The maximum absolute atomic E-state index is 11.6. The van der Waals surface area contributed by atoms with Gasteiger partial charge in [-0.25, -0.2) is 0 Å². The molecule has 0 saturated carbocycles. The monoisotopic (exact) mass is 406 g/mol. The molecule has 1 aliphatic rings. The average Bonchev–Trinajstić information content (AvgIpc) is 2.49. The Hall–Kier alpha value is -2.14. The van der Waals surface area contributed by atoms with Gasteiger partial charge in [0.25, 0.3) is 0 Å². The first-order valence-electron chi connectivity index (χ1n) is 7.99. The molecule has 11 heteroatoms. The maximum atomic E-state index is 11.6. The van der Waals surface area contributed by atoms with Gasteiger partial charge < -0.3 is 23.7 Å². The molecule has 0 radical (unpaired) electrons. The normalized spacial score (nSPS) is 27.2. The summed E-state index contributed by atoms with van der Waals surface area (Å²) in [6, 6.07) is 0. The lowest BCUT2D eigenvalue weighted by Gasteiger charge is -2.43. The van der Waals surface area contributed by atoms with Crippen LogP contribution in [-0.2, 0) is 47.7 Å². The van der Waals surface area contributed by atoms with E-state index in [2.05, 4.69) is 0 Å². The Morgan fingerprint density at radius 3 is 1.59 bits per heavy atom. The van der Waals surface area contributed by atoms with Crippen LogP contribution < -0.4 is 0 Å². The Kier molecular flexibility index (Phi) is 8.70. The Bertz CT molecular complexity index is 604. The van der Waals surface area contributed by atoms with Crippen LogP contribution in [-0.4, -0.2) is 65.5 Å². The van der Waals surface area contributed by atoms with Crippen LogP contribution in [0.4, 0.5) is 0 Å². The molecule has 10 nitrogen and oxygen atoms in total. The molecule has 0 amide bonds. The van der Waals surface area contributed by atoms with Crippen LogP contribution in [0.2, 0.25) is 0 Å². The van der Waals surface area contributed by atoms with Crippen LogP contribution in [0, 0.1) is 0 Å². The topological polar surface area (TPSA) is 132 Å². The minimum absolute atomic E-state index is 0.0234. The third kappa shape index (κ3) is 7.55. The molecule has 0 aromatic heterocycles. The smallest absolute Gasteiger partial charge is 0.305 e. The van der Waals surface area contributed by atoms with Crippen LogP contribution in [0.5, 0.6) is 0 Å². The van der Waals surface area contributed by atoms with E-state index < -0.39 is 54.6 Å². The molecule has 1 saturated heterocycles. The summed E-state index contributed by atoms with van der Waals surface area (Å²) < 4.78 is 26.2. The first kappa shape index (κ1) is 22.9. The van der Waals surface area contributed by atoms with Crippen molar-refractivity contribution in [1.29, 1.82) is 0 Å². The molecule has 1 aliphatic heterocycles.